The average Bonchev–Trinajstić information content (AvgIpc) is 2.65. The summed E-state index contributed by atoms with van der Waals surface area (Å²) in [5, 5.41) is 13.0. The summed E-state index contributed by atoms with van der Waals surface area (Å²) in [5.74, 6) is -2.14. The van der Waals surface area contributed by atoms with Crippen LogP contribution in [-0.4, -0.2) is 23.0 Å². The highest BCUT2D eigenvalue weighted by Gasteiger charge is 2.50. The largest absolute Gasteiger partial charge is 0.481 e. The predicted octanol–water partition coefficient (Wildman–Crippen LogP) is 5.56. The summed E-state index contributed by atoms with van der Waals surface area (Å²) in [7, 11) is 0. The van der Waals surface area contributed by atoms with Crippen LogP contribution in [0.4, 0.5) is 4.39 Å². The monoisotopic (exact) mass is 451 g/mol. The third-order valence-corrected chi connectivity index (χ3v) is 6.73. The number of halogens is 3. The van der Waals surface area contributed by atoms with E-state index in [0.29, 0.717) is 11.4 Å². The van der Waals surface area contributed by atoms with Crippen LogP contribution in [0.25, 0.3) is 0 Å². The van der Waals surface area contributed by atoms with Crippen molar-refractivity contribution < 1.29 is 19.1 Å². The van der Waals surface area contributed by atoms with E-state index in [4.69, 9.17) is 23.2 Å². The van der Waals surface area contributed by atoms with Gasteiger partial charge in [0.2, 0.25) is 5.91 Å². The molecule has 3 unspecified atom stereocenters. The van der Waals surface area contributed by atoms with Crippen molar-refractivity contribution in [1.82, 2.24) is 5.32 Å². The van der Waals surface area contributed by atoms with Crippen LogP contribution in [0.3, 0.4) is 0 Å². The zero-order valence-electron chi connectivity index (χ0n) is 17.0. The van der Waals surface area contributed by atoms with Gasteiger partial charge in [0.15, 0.2) is 0 Å². The molecule has 0 aliphatic carbocycles. The molecule has 0 radical (unpaired) electrons. The number of carbonyl (C=O) groups is 2. The molecule has 1 fully saturated rings. The Hall–Kier alpha value is -2.11. The Morgan fingerprint density at radius 2 is 1.87 bits per heavy atom. The van der Waals surface area contributed by atoms with Gasteiger partial charge in [-0.3, -0.25) is 9.59 Å². The fourth-order valence-electron chi connectivity index (χ4n) is 4.39. The number of piperidine rings is 1. The Balaban J connectivity index is 2.09. The fourth-order valence-corrected chi connectivity index (χ4v) is 4.71. The van der Waals surface area contributed by atoms with Crippen molar-refractivity contribution in [2.75, 3.05) is 0 Å². The number of carboxylic acids is 1. The lowest BCUT2D eigenvalue weighted by Crippen LogP contribution is -2.60. The van der Waals surface area contributed by atoms with Crippen molar-refractivity contribution in [3.63, 3.8) is 0 Å². The lowest BCUT2D eigenvalue weighted by molar-refractivity contribution is -0.147. The zero-order valence-corrected chi connectivity index (χ0v) is 18.5. The van der Waals surface area contributed by atoms with Gasteiger partial charge in [-0.1, -0.05) is 62.2 Å². The second-order valence-electron chi connectivity index (χ2n) is 8.80. The van der Waals surface area contributed by atoms with E-state index in [0.717, 1.165) is 11.1 Å². The molecule has 1 amide bonds. The van der Waals surface area contributed by atoms with Gasteiger partial charge in [0, 0.05) is 22.4 Å². The first kappa shape index (κ1) is 22.6. The molecule has 2 N–H and O–H groups in total. The van der Waals surface area contributed by atoms with E-state index in [-0.39, 0.29) is 29.3 Å². The number of rotatable bonds is 5. The lowest BCUT2D eigenvalue weighted by atomic mass is 9.62. The number of hydrogen-bond donors (Lipinski definition) is 2. The molecule has 1 aliphatic rings. The van der Waals surface area contributed by atoms with Crippen LogP contribution in [0.1, 0.15) is 50.7 Å². The molecule has 4 nitrogen and oxygen atoms in total. The van der Waals surface area contributed by atoms with Crippen LogP contribution >= 0.6 is 23.2 Å². The normalized spacial score (nSPS) is 24.4. The van der Waals surface area contributed by atoms with E-state index in [1.54, 1.807) is 31.2 Å². The van der Waals surface area contributed by atoms with Gasteiger partial charge < -0.3 is 10.4 Å². The molecule has 7 heteroatoms. The Bertz CT molecular complexity index is 977. The first-order valence-electron chi connectivity index (χ1n) is 9.68. The molecular formula is C23H24Cl2FNO3. The smallest absolute Gasteiger partial charge is 0.304 e. The molecule has 0 spiro atoms. The maximum atomic E-state index is 13.8. The summed E-state index contributed by atoms with van der Waals surface area (Å²) in [6.07, 6.45) is 0.00708. The van der Waals surface area contributed by atoms with Crippen LogP contribution in [0.2, 0.25) is 10.0 Å². The molecule has 3 rings (SSSR count). The third kappa shape index (κ3) is 4.33. The Morgan fingerprint density at radius 3 is 2.43 bits per heavy atom. The summed E-state index contributed by atoms with van der Waals surface area (Å²) < 4.78 is 13.8. The number of carboxylic acid groups (broad SMARTS) is 1. The van der Waals surface area contributed by atoms with Crippen molar-refractivity contribution in [2.24, 2.45) is 5.41 Å². The van der Waals surface area contributed by atoms with Gasteiger partial charge in [-0.2, -0.15) is 0 Å². The maximum absolute atomic E-state index is 13.8. The molecule has 3 atom stereocenters. The Morgan fingerprint density at radius 1 is 1.23 bits per heavy atom. The highest BCUT2D eigenvalue weighted by molar-refractivity contribution is 6.31. The fraction of sp³-hybridized carbons (Fsp3) is 0.391. The highest BCUT2D eigenvalue weighted by Crippen LogP contribution is 2.47. The molecule has 0 bridgehead atoms. The second kappa shape index (κ2) is 8.20. The van der Waals surface area contributed by atoms with E-state index >= 15 is 0 Å². The number of carbonyl (C=O) groups excluding carboxylic acids is 1. The number of nitrogens with one attached hydrogen (secondary N) is 1. The topological polar surface area (TPSA) is 66.4 Å². The molecule has 0 saturated carbocycles. The van der Waals surface area contributed by atoms with Crippen molar-refractivity contribution in [1.29, 1.82) is 0 Å². The van der Waals surface area contributed by atoms with E-state index in [1.165, 1.54) is 6.07 Å². The summed E-state index contributed by atoms with van der Waals surface area (Å²) in [5.41, 5.74) is 0.114. The first-order chi connectivity index (χ1) is 13.9. The van der Waals surface area contributed by atoms with Gasteiger partial charge in [-0.15, -0.1) is 0 Å². The summed E-state index contributed by atoms with van der Waals surface area (Å²) in [4.78, 5) is 24.4. The first-order valence-corrected chi connectivity index (χ1v) is 10.4. The van der Waals surface area contributed by atoms with Gasteiger partial charge in [-0.25, -0.2) is 4.39 Å². The van der Waals surface area contributed by atoms with Crippen LogP contribution in [0.5, 0.6) is 0 Å². The highest BCUT2D eigenvalue weighted by atomic mass is 35.5. The van der Waals surface area contributed by atoms with E-state index < -0.39 is 22.6 Å². The van der Waals surface area contributed by atoms with Crippen molar-refractivity contribution in [2.45, 2.75) is 51.0 Å². The zero-order chi connectivity index (χ0) is 22.3. The Labute approximate surface area is 185 Å². The molecule has 160 valence electrons. The minimum atomic E-state index is -1.09. The van der Waals surface area contributed by atoms with Crippen molar-refractivity contribution in [3.05, 3.63) is 69.5 Å². The van der Waals surface area contributed by atoms with E-state index in [2.05, 4.69) is 5.32 Å². The van der Waals surface area contributed by atoms with Crippen LogP contribution < -0.4 is 5.32 Å². The Kier molecular flexibility index (Phi) is 6.17. The number of hydrogen-bond acceptors (Lipinski definition) is 2. The molecule has 1 heterocycles. The maximum Gasteiger partial charge on any atom is 0.304 e. The quantitative estimate of drug-likeness (QED) is 0.624. The summed E-state index contributed by atoms with van der Waals surface area (Å²) in [6, 6.07) is 11.6. The molecule has 0 aromatic heterocycles. The summed E-state index contributed by atoms with van der Waals surface area (Å²) >= 11 is 12.1. The van der Waals surface area contributed by atoms with Gasteiger partial charge >= 0.3 is 5.97 Å². The molecule has 1 aliphatic heterocycles. The van der Waals surface area contributed by atoms with Gasteiger partial charge in [0.05, 0.1) is 16.9 Å². The number of amides is 1. The minimum Gasteiger partial charge on any atom is -0.481 e. The van der Waals surface area contributed by atoms with E-state index in [9.17, 15) is 19.1 Å². The molecule has 1 saturated heterocycles. The molecule has 2 aromatic rings. The number of benzene rings is 2. The van der Waals surface area contributed by atoms with Crippen LogP contribution in [0.15, 0.2) is 42.5 Å². The van der Waals surface area contributed by atoms with Gasteiger partial charge in [0.25, 0.3) is 0 Å². The molecular weight excluding hydrogens is 428 g/mol. The molecule has 30 heavy (non-hydrogen) atoms. The second-order valence-corrected chi connectivity index (χ2v) is 9.64. The number of aliphatic carboxylic acids is 1. The standard InChI is InChI=1S/C23H24Cl2FNO3/c1-22(2,14-5-7-15(24)8-6-14)20-16(13-4-9-18(26)17(25)10-13)11-23(3,12-19(28)29)21(30)27-20/h4-10,16,20H,11-12H2,1-3H3,(H,27,30)(H,28,29). The van der Waals surface area contributed by atoms with Gasteiger partial charge in [0.1, 0.15) is 5.82 Å². The van der Waals surface area contributed by atoms with Crippen LogP contribution in [0, 0.1) is 11.2 Å². The summed E-state index contributed by atoms with van der Waals surface area (Å²) in [6.45, 7) is 5.68. The van der Waals surface area contributed by atoms with Crippen molar-refractivity contribution in [3.8, 4) is 0 Å². The molecule has 2 aromatic carbocycles. The van der Waals surface area contributed by atoms with Crippen LogP contribution in [-0.2, 0) is 15.0 Å². The minimum absolute atomic E-state index is 0.00705. The average molecular weight is 452 g/mol. The lowest BCUT2D eigenvalue weighted by Gasteiger charge is -2.48. The van der Waals surface area contributed by atoms with E-state index in [1.807, 2.05) is 26.0 Å². The SMILES string of the molecule is CC1(CC(=O)O)CC(c2ccc(F)c(Cl)c2)C(C(C)(C)c2ccc(Cl)cc2)NC1=O. The van der Waals surface area contributed by atoms with Gasteiger partial charge in [-0.05, 0) is 41.8 Å². The third-order valence-electron chi connectivity index (χ3n) is 6.19. The predicted molar refractivity (Wildman–Crippen MR) is 116 cm³/mol. The van der Waals surface area contributed by atoms with Crippen molar-refractivity contribution >= 4 is 35.1 Å².